The molecule has 1 atom stereocenters. The number of hydrogen-bond acceptors (Lipinski definition) is 6. The lowest BCUT2D eigenvalue weighted by Gasteiger charge is -2.28. The summed E-state index contributed by atoms with van der Waals surface area (Å²) in [6.07, 6.45) is 0. The molecule has 2 aromatic rings. The average Bonchev–Trinajstić information content (AvgIpc) is 2.64. The minimum atomic E-state index is -0.778. The number of H-pyrrole nitrogens is 1. The van der Waals surface area contributed by atoms with Crippen LogP contribution in [0.2, 0.25) is 0 Å². The first-order valence-corrected chi connectivity index (χ1v) is 9.89. The number of aromatic amines is 1. The predicted molar refractivity (Wildman–Crippen MR) is 107 cm³/mol. The zero-order valence-corrected chi connectivity index (χ0v) is 16.9. The minimum Gasteiger partial charge on any atom is -0.466 e. The van der Waals surface area contributed by atoms with Gasteiger partial charge in [0.15, 0.2) is 5.16 Å². The second kappa shape index (κ2) is 8.18. The highest BCUT2D eigenvalue weighted by atomic mass is 32.2. The minimum absolute atomic E-state index is 0.260. The van der Waals surface area contributed by atoms with Crippen molar-refractivity contribution in [1.82, 2.24) is 9.97 Å². The summed E-state index contributed by atoms with van der Waals surface area (Å²) in [4.78, 5) is 32.7. The summed E-state index contributed by atoms with van der Waals surface area (Å²) in [5, 5.41) is 3.55. The molecule has 8 heteroatoms. The monoisotopic (exact) mass is 403 g/mol. The second-order valence-corrected chi connectivity index (χ2v) is 7.99. The van der Waals surface area contributed by atoms with Crippen molar-refractivity contribution in [2.75, 3.05) is 18.2 Å². The van der Waals surface area contributed by atoms with E-state index in [1.54, 1.807) is 19.1 Å². The highest BCUT2D eigenvalue weighted by Crippen LogP contribution is 2.40. The third-order valence-electron chi connectivity index (χ3n) is 4.36. The fraction of sp³-hybridized carbons (Fsp3) is 0.350. The molecular formula is C20H22FN3O3S. The molecule has 1 aromatic carbocycles. The number of allylic oxidation sites excluding steroid dienone is 1. The SMILES string of the molecule is COC(=O)C1=C(C)Nc2nc(SCC(C)C)[nH]c(=O)c2[C@@H]1c1cccc(F)c1. The number of rotatable bonds is 5. The van der Waals surface area contributed by atoms with Crippen LogP contribution in [0.1, 0.15) is 37.8 Å². The van der Waals surface area contributed by atoms with Gasteiger partial charge < -0.3 is 15.0 Å². The van der Waals surface area contributed by atoms with E-state index in [1.807, 2.05) is 0 Å². The second-order valence-electron chi connectivity index (χ2n) is 6.98. The molecule has 0 spiro atoms. The van der Waals surface area contributed by atoms with Crippen LogP contribution in [0.15, 0.2) is 45.5 Å². The Bertz CT molecular complexity index is 1000. The number of methoxy groups -OCH3 is 1. The van der Waals surface area contributed by atoms with Crippen molar-refractivity contribution < 1.29 is 13.9 Å². The van der Waals surface area contributed by atoms with Crippen LogP contribution in [0.25, 0.3) is 0 Å². The number of hydrogen-bond donors (Lipinski definition) is 2. The highest BCUT2D eigenvalue weighted by molar-refractivity contribution is 7.99. The quantitative estimate of drug-likeness (QED) is 0.450. The van der Waals surface area contributed by atoms with Crippen LogP contribution in [0, 0.1) is 11.7 Å². The molecular weight excluding hydrogens is 381 g/mol. The summed E-state index contributed by atoms with van der Waals surface area (Å²) in [6.45, 7) is 5.87. The van der Waals surface area contributed by atoms with Crippen molar-refractivity contribution in [1.29, 1.82) is 0 Å². The lowest BCUT2D eigenvalue weighted by Crippen LogP contribution is -2.31. The van der Waals surface area contributed by atoms with Gasteiger partial charge in [-0.2, -0.15) is 0 Å². The van der Waals surface area contributed by atoms with Gasteiger partial charge in [-0.05, 0) is 30.5 Å². The Morgan fingerprint density at radius 1 is 1.39 bits per heavy atom. The zero-order valence-electron chi connectivity index (χ0n) is 16.1. The summed E-state index contributed by atoms with van der Waals surface area (Å²) in [6, 6.07) is 5.86. The lowest BCUT2D eigenvalue weighted by atomic mass is 9.82. The number of nitrogens with zero attached hydrogens (tertiary/aromatic N) is 1. The highest BCUT2D eigenvalue weighted by Gasteiger charge is 2.36. The Morgan fingerprint density at radius 3 is 2.79 bits per heavy atom. The van der Waals surface area contributed by atoms with E-state index in [0.717, 1.165) is 5.75 Å². The van der Waals surface area contributed by atoms with E-state index in [-0.39, 0.29) is 16.7 Å². The van der Waals surface area contributed by atoms with E-state index in [1.165, 1.54) is 31.0 Å². The van der Waals surface area contributed by atoms with Gasteiger partial charge in [-0.3, -0.25) is 4.79 Å². The smallest absolute Gasteiger partial charge is 0.336 e. The molecule has 0 bridgehead atoms. The van der Waals surface area contributed by atoms with Gasteiger partial charge in [-0.25, -0.2) is 14.2 Å². The first-order chi connectivity index (χ1) is 13.3. The average molecular weight is 403 g/mol. The van der Waals surface area contributed by atoms with E-state index in [4.69, 9.17) is 4.74 Å². The summed E-state index contributed by atoms with van der Waals surface area (Å²) in [5.74, 6) is -0.200. The van der Waals surface area contributed by atoms with E-state index in [2.05, 4.69) is 29.1 Å². The molecule has 1 aromatic heterocycles. The molecule has 6 nitrogen and oxygen atoms in total. The summed E-state index contributed by atoms with van der Waals surface area (Å²) < 4.78 is 18.8. The molecule has 148 valence electrons. The fourth-order valence-corrected chi connectivity index (χ4v) is 3.96. The molecule has 2 heterocycles. The lowest BCUT2D eigenvalue weighted by molar-refractivity contribution is -0.136. The zero-order chi connectivity index (χ0) is 20.4. The van der Waals surface area contributed by atoms with Crippen LogP contribution in [0.3, 0.4) is 0 Å². The normalized spacial score (nSPS) is 16.0. The van der Waals surface area contributed by atoms with Crippen molar-refractivity contribution in [2.45, 2.75) is 31.8 Å². The van der Waals surface area contributed by atoms with Crippen molar-refractivity contribution >= 4 is 23.5 Å². The number of anilines is 1. The van der Waals surface area contributed by atoms with Crippen LogP contribution >= 0.6 is 11.8 Å². The van der Waals surface area contributed by atoms with Crippen LogP contribution in [-0.2, 0) is 9.53 Å². The van der Waals surface area contributed by atoms with E-state index < -0.39 is 17.7 Å². The molecule has 0 fully saturated rings. The molecule has 2 N–H and O–H groups in total. The van der Waals surface area contributed by atoms with Gasteiger partial charge in [0.1, 0.15) is 11.6 Å². The predicted octanol–water partition coefficient (Wildman–Crippen LogP) is 3.66. The largest absolute Gasteiger partial charge is 0.466 e. The molecule has 28 heavy (non-hydrogen) atoms. The number of carbonyl (C=O) groups excluding carboxylic acids is 1. The molecule has 0 amide bonds. The fourth-order valence-electron chi connectivity index (χ4n) is 3.14. The number of esters is 1. The number of thioether (sulfide) groups is 1. The van der Waals surface area contributed by atoms with Crippen molar-refractivity contribution in [2.24, 2.45) is 5.92 Å². The number of carbonyl (C=O) groups is 1. The maximum atomic E-state index is 13.9. The Labute approximate surface area is 166 Å². The molecule has 0 saturated carbocycles. The molecule has 0 radical (unpaired) electrons. The van der Waals surface area contributed by atoms with Crippen molar-refractivity contribution in [3.63, 3.8) is 0 Å². The Morgan fingerprint density at radius 2 is 2.14 bits per heavy atom. The van der Waals surface area contributed by atoms with Crippen LogP contribution in [0.5, 0.6) is 0 Å². The van der Waals surface area contributed by atoms with E-state index in [9.17, 15) is 14.0 Å². The van der Waals surface area contributed by atoms with Crippen LogP contribution in [0.4, 0.5) is 10.2 Å². The first-order valence-electron chi connectivity index (χ1n) is 8.90. The first kappa shape index (κ1) is 20.1. The van der Waals surface area contributed by atoms with E-state index in [0.29, 0.717) is 28.2 Å². The summed E-state index contributed by atoms with van der Waals surface area (Å²) >= 11 is 1.45. The topological polar surface area (TPSA) is 84.1 Å². The number of ether oxygens (including phenoxy) is 1. The van der Waals surface area contributed by atoms with Gasteiger partial charge >= 0.3 is 5.97 Å². The Balaban J connectivity index is 2.18. The van der Waals surface area contributed by atoms with Crippen LogP contribution in [-0.4, -0.2) is 28.8 Å². The van der Waals surface area contributed by atoms with Gasteiger partial charge in [0, 0.05) is 11.4 Å². The Hall–Kier alpha value is -2.61. The molecule has 0 unspecified atom stereocenters. The van der Waals surface area contributed by atoms with Gasteiger partial charge in [0.05, 0.1) is 24.2 Å². The van der Waals surface area contributed by atoms with Gasteiger partial charge in [0.25, 0.3) is 5.56 Å². The third kappa shape index (κ3) is 3.96. The summed E-state index contributed by atoms with van der Waals surface area (Å²) in [7, 11) is 1.27. The third-order valence-corrected chi connectivity index (χ3v) is 5.66. The van der Waals surface area contributed by atoms with Gasteiger partial charge in [-0.1, -0.05) is 37.7 Å². The standard InChI is InChI=1S/C20H22FN3O3S/c1-10(2)9-28-20-23-17-16(18(25)24-20)15(12-6-5-7-13(21)8-12)14(11(3)22-17)19(26)27-4/h5-8,10,15H,9H2,1-4H3,(H2,22,23,24,25)/t15-/m1/s1. The maximum Gasteiger partial charge on any atom is 0.336 e. The number of fused-ring (bicyclic) bond motifs is 1. The van der Waals surface area contributed by atoms with Crippen molar-refractivity contribution in [3.8, 4) is 0 Å². The molecule has 3 rings (SSSR count). The van der Waals surface area contributed by atoms with Gasteiger partial charge in [-0.15, -0.1) is 0 Å². The van der Waals surface area contributed by atoms with Crippen LogP contribution < -0.4 is 10.9 Å². The molecule has 0 aliphatic carbocycles. The number of aromatic nitrogens is 2. The number of benzene rings is 1. The molecule has 1 aliphatic rings. The molecule has 0 saturated heterocycles. The number of halogens is 1. The maximum absolute atomic E-state index is 13.9. The molecule has 1 aliphatic heterocycles. The van der Waals surface area contributed by atoms with Crippen molar-refractivity contribution in [3.05, 3.63) is 62.8 Å². The van der Waals surface area contributed by atoms with Gasteiger partial charge in [0.2, 0.25) is 0 Å². The number of nitrogens with one attached hydrogen (secondary N) is 2. The summed E-state index contributed by atoms with van der Waals surface area (Å²) in [5.41, 5.74) is 1.16. The van der Waals surface area contributed by atoms with E-state index >= 15 is 0 Å². The Kier molecular flexibility index (Phi) is 5.88.